The minimum absolute atomic E-state index is 0.186. The molecule has 0 radical (unpaired) electrons. The number of nitrogens with one attached hydrogen (secondary N) is 1. The summed E-state index contributed by atoms with van der Waals surface area (Å²) in [5.41, 5.74) is 4.19. The predicted octanol–water partition coefficient (Wildman–Crippen LogP) is 5.24. The maximum atomic E-state index is 13.1. The number of carbonyl (C=O) groups excluding carboxylic acids is 1. The van der Waals surface area contributed by atoms with E-state index < -0.39 is 5.91 Å². The summed E-state index contributed by atoms with van der Waals surface area (Å²) >= 11 is 6.38. The standard InChI is InChI=1S/C25H24ClFN2O5/c1-4-33-22-13-18(7-10-21(22)31-2)25(30)29-28-14-17-11-20(26)24(23(12-17)32-3)34-15-16-5-8-19(27)9-6-16/h5-14H,4,15H2,1-3H3,(H,29,30)/b28-14+. The van der Waals surface area contributed by atoms with Gasteiger partial charge in [0.2, 0.25) is 0 Å². The molecule has 0 saturated heterocycles. The van der Waals surface area contributed by atoms with Gasteiger partial charge in [-0.25, -0.2) is 9.82 Å². The number of rotatable bonds is 10. The monoisotopic (exact) mass is 486 g/mol. The molecule has 0 heterocycles. The van der Waals surface area contributed by atoms with Gasteiger partial charge in [-0.2, -0.15) is 5.10 Å². The summed E-state index contributed by atoms with van der Waals surface area (Å²) in [5.74, 6) is 0.990. The van der Waals surface area contributed by atoms with Crippen LogP contribution in [-0.4, -0.2) is 32.9 Å². The van der Waals surface area contributed by atoms with Crippen LogP contribution in [-0.2, 0) is 6.61 Å². The van der Waals surface area contributed by atoms with Crippen molar-refractivity contribution in [2.24, 2.45) is 5.10 Å². The van der Waals surface area contributed by atoms with Gasteiger partial charge in [-0.15, -0.1) is 0 Å². The first-order chi connectivity index (χ1) is 16.4. The van der Waals surface area contributed by atoms with Crippen molar-refractivity contribution < 1.29 is 28.1 Å². The van der Waals surface area contributed by atoms with Crippen LogP contribution in [0.2, 0.25) is 5.02 Å². The summed E-state index contributed by atoms with van der Waals surface area (Å²) in [4.78, 5) is 12.5. The van der Waals surface area contributed by atoms with Crippen LogP contribution in [0.1, 0.15) is 28.4 Å². The van der Waals surface area contributed by atoms with E-state index in [1.165, 1.54) is 32.6 Å². The van der Waals surface area contributed by atoms with Gasteiger partial charge in [-0.1, -0.05) is 23.7 Å². The van der Waals surface area contributed by atoms with Crippen molar-refractivity contribution in [3.8, 4) is 23.0 Å². The van der Waals surface area contributed by atoms with Gasteiger partial charge >= 0.3 is 0 Å². The van der Waals surface area contributed by atoms with E-state index >= 15 is 0 Å². The lowest BCUT2D eigenvalue weighted by molar-refractivity contribution is 0.0954. The number of methoxy groups -OCH3 is 2. The number of nitrogens with zero attached hydrogens (tertiary/aromatic N) is 1. The van der Waals surface area contributed by atoms with E-state index in [-0.39, 0.29) is 12.4 Å². The highest BCUT2D eigenvalue weighted by Gasteiger charge is 2.13. The van der Waals surface area contributed by atoms with Crippen LogP contribution in [0.5, 0.6) is 23.0 Å². The van der Waals surface area contributed by atoms with E-state index in [0.717, 1.165) is 5.56 Å². The Morgan fingerprint density at radius 1 is 1.00 bits per heavy atom. The third kappa shape index (κ3) is 6.39. The molecule has 178 valence electrons. The molecule has 0 saturated carbocycles. The Bertz CT molecular complexity index is 1170. The molecular weight excluding hydrogens is 463 g/mol. The Kier molecular flexibility index (Phi) is 8.70. The van der Waals surface area contributed by atoms with Crippen molar-refractivity contribution in [3.63, 3.8) is 0 Å². The van der Waals surface area contributed by atoms with E-state index in [1.807, 2.05) is 6.92 Å². The highest BCUT2D eigenvalue weighted by molar-refractivity contribution is 6.32. The van der Waals surface area contributed by atoms with Crippen molar-refractivity contribution in [2.75, 3.05) is 20.8 Å². The van der Waals surface area contributed by atoms with Crippen LogP contribution >= 0.6 is 11.6 Å². The minimum atomic E-state index is -0.419. The number of halogens is 2. The summed E-state index contributed by atoms with van der Waals surface area (Å²) in [6, 6.07) is 14.1. The second kappa shape index (κ2) is 11.9. The van der Waals surface area contributed by atoms with Gasteiger partial charge in [0.05, 0.1) is 32.1 Å². The molecule has 9 heteroatoms. The Hall–Kier alpha value is -3.78. The Labute approximate surface area is 202 Å². The number of ether oxygens (including phenoxy) is 4. The van der Waals surface area contributed by atoms with Gasteiger partial charge in [0.25, 0.3) is 5.91 Å². The molecule has 0 spiro atoms. The van der Waals surface area contributed by atoms with Crippen LogP contribution in [0.25, 0.3) is 0 Å². The van der Waals surface area contributed by atoms with E-state index in [9.17, 15) is 9.18 Å². The van der Waals surface area contributed by atoms with E-state index in [4.69, 9.17) is 30.5 Å². The van der Waals surface area contributed by atoms with Crippen molar-refractivity contribution in [1.29, 1.82) is 0 Å². The lowest BCUT2D eigenvalue weighted by atomic mass is 10.2. The van der Waals surface area contributed by atoms with Gasteiger partial charge in [-0.05, 0) is 60.5 Å². The number of amides is 1. The normalized spacial score (nSPS) is 10.7. The quantitative estimate of drug-likeness (QED) is 0.313. The highest BCUT2D eigenvalue weighted by atomic mass is 35.5. The first-order valence-corrected chi connectivity index (χ1v) is 10.7. The zero-order valence-electron chi connectivity index (χ0n) is 18.9. The maximum Gasteiger partial charge on any atom is 0.271 e. The largest absolute Gasteiger partial charge is 0.493 e. The topological polar surface area (TPSA) is 78.4 Å². The number of carbonyl (C=O) groups is 1. The maximum absolute atomic E-state index is 13.1. The molecule has 0 aliphatic heterocycles. The average Bonchev–Trinajstić information content (AvgIpc) is 2.84. The fraction of sp³-hybridized carbons (Fsp3) is 0.200. The Morgan fingerprint density at radius 2 is 1.74 bits per heavy atom. The Balaban J connectivity index is 1.68. The summed E-state index contributed by atoms with van der Waals surface area (Å²) < 4.78 is 35.0. The molecule has 1 amide bonds. The minimum Gasteiger partial charge on any atom is -0.493 e. The molecule has 0 aromatic heterocycles. The molecule has 0 unspecified atom stereocenters. The third-order valence-corrected chi connectivity index (χ3v) is 4.93. The zero-order valence-corrected chi connectivity index (χ0v) is 19.7. The second-order valence-corrected chi connectivity index (χ2v) is 7.35. The fourth-order valence-electron chi connectivity index (χ4n) is 3.01. The lowest BCUT2D eigenvalue weighted by Gasteiger charge is -2.13. The van der Waals surface area contributed by atoms with Crippen LogP contribution in [0, 0.1) is 5.82 Å². The second-order valence-electron chi connectivity index (χ2n) is 6.95. The Morgan fingerprint density at radius 3 is 2.41 bits per heavy atom. The van der Waals surface area contributed by atoms with Crippen molar-refractivity contribution in [3.05, 3.63) is 82.1 Å². The summed E-state index contributed by atoms with van der Waals surface area (Å²) in [6.45, 7) is 2.46. The number of hydrazone groups is 1. The van der Waals surface area contributed by atoms with Gasteiger partial charge in [0, 0.05) is 5.56 Å². The van der Waals surface area contributed by atoms with Gasteiger partial charge < -0.3 is 18.9 Å². The molecule has 3 rings (SSSR count). The summed E-state index contributed by atoms with van der Waals surface area (Å²) in [7, 11) is 3.01. The van der Waals surface area contributed by atoms with Gasteiger partial charge in [-0.3, -0.25) is 4.79 Å². The first kappa shape index (κ1) is 24.9. The van der Waals surface area contributed by atoms with Gasteiger partial charge in [0.1, 0.15) is 12.4 Å². The predicted molar refractivity (Wildman–Crippen MR) is 128 cm³/mol. The van der Waals surface area contributed by atoms with Crippen molar-refractivity contribution in [1.82, 2.24) is 5.43 Å². The smallest absolute Gasteiger partial charge is 0.271 e. The number of benzene rings is 3. The molecule has 1 N–H and O–H groups in total. The van der Waals surface area contributed by atoms with E-state index in [2.05, 4.69) is 10.5 Å². The molecule has 3 aromatic rings. The molecule has 0 bridgehead atoms. The average molecular weight is 487 g/mol. The number of hydrogen-bond acceptors (Lipinski definition) is 6. The highest BCUT2D eigenvalue weighted by Crippen LogP contribution is 2.36. The molecular formula is C25H24ClFN2O5. The zero-order chi connectivity index (χ0) is 24.5. The van der Waals surface area contributed by atoms with Crippen LogP contribution in [0.15, 0.2) is 59.7 Å². The van der Waals surface area contributed by atoms with E-state index in [1.54, 1.807) is 42.5 Å². The van der Waals surface area contributed by atoms with Gasteiger partial charge in [0.15, 0.2) is 23.0 Å². The molecule has 3 aromatic carbocycles. The molecule has 0 fully saturated rings. The molecule has 0 aliphatic carbocycles. The van der Waals surface area contributed by atoms with Crippen LogP contribution < -0.4 is 24.4 Å². The first-order valence-electron chi connectivity index (χ1n) is 10.3. The third-order valence-electron chi connectivity index (χ3n) is 4.65. The summed E-state index contributed by atoms with van der Waals surface area (Å²) in [5, 5.41) is 4.29. The molecule has 0 aliphatic rings. The van der Waals surface area contributed by atoms with Crippen LogP contribution in [0.3, 0.4) is 0 Å². The van der Waals surface area contributed by atoms with Crippen molar-refractivity contribution in [2.45, 2.75) is 13.5 Å². The fourth-order valence-corrected chi connectivity index (χ4v) is 3.28. The summed E-state index contributed by atoms with van der Waals surface area (Å²) in [6.07, 6.45) is 1.43. The van der Waals surface area contributed by atoms with Crippen LogP contribution in [0.4, 0.5) is 4.39 Å². The lowest BCUT2D eigenvalue weighted by Crippen LogP contribution is -2.17. The molecule has 34 heavy (non-hydrogen) atoms. The molecule has 7 nitrogen and oxygen atoms in total. The number of hydrogen-bond donors (Lipinski definition) is 1. The molecule has 0 atom stereocenters. The SMILES string of the molecule is CCOc1cc(C(=O)N/N=C/c2cc(Cl)c(OCc3ccc(F)cc3)c(OC)c2)ccc1OC. The van der Waals surface area contributed by atoms with Crippen molar-refractivity contribution >= 4 is 23.7 Å². The van der Waals surface area contributed by atoms with E-state index in [0.29, 0.717) is 45.8 Å².